The predicted molar refractivity (Wildman–Crippen MR) is 94.2 cm³/mol. The first kappa shape index (κ1) is 19.8. The van der Waals surface area contributed by atoms with Gasteiger partial charge in [0, 0.05) is 5.69 Å². The van der Waals surface area contributed by atoms with E-state index in [1.165, 1.54) is 0 Å². The monoisotopic (exact) mass is 411 g/mol. The first-order valence-electron chi connectivity index (χ1n) is 5.35. The van der Waals surface area contributed by atoms with Gasteiger partial charge in [0.25, 0.3) is 0 Å². The molecule has 0 radical (unpaired) electrons. The molecule has 0 fully saturated rings. The zero-order valence-electron chi connectivity index (χ0n) is 10.8. The zero-order chi connectivity index (χ0) is 13.0. The van der Waals surface area contributed by atoms with Gasteiger partial charge in [-0.05, 0) is 17.0 Å². The van der Waals surface area contributed by atoms with Gasteiger partial charge in [-0.1, -0.05) is 18.2 Å². The molecule has 2 nitrogen and oxygen atoms in total. The quantitative estimate of drug-likeness (QED) is 0.251. The Hall–Kier alpha value is -0.157. The van der Waals surface area contributed by atoms with Gasteiger partial charge in [-0.15, -0.1) is 41.6 Å². The summed E-state index contributed by atoms with van der Waals surface area (Å²) in [5.41, 5.74) is 9.10. The summed E-state index contributed by atoms with van der Waals surface area (Å²) in [4.78, 5) is 4.50. The molecule has 20 heavy (non-hydrogen) atoms. The number of halogens is 1. The molecule has 1 N–H and O–H groups in total. The van der Waals surface area contributed by atoms with E-state index in [4.69, 9.17) is 5.73 Å². The molecule has 6 heteroatoms. The first-order chi connectivity index (χ1) is 8.88. The minimum Gasteiger partial charge on any atom is -0.672 e. The van der Waals surface area contributed by atoms with Crippen LogP contribution < -0.4 is 0 Å². The number of fused-ring (bicyclic) bond motifs is 3. The fourth-order valence-electron chi connectivity index (χ4n) is 1.92. The largest absolute Gasteiger partial charge is 0.672 e. The SMILES string of the molecule is P.P.[Cl][Ru+2].[NH-]Cc1ccc2ccc3ccc[c-]c3c2n1. The van der Waals surface area contributed by atoms with E-state index in [2.05, 4.69) is 38.9 Å². The van der Waals surface area contributed by atoms with Crippen LogP contribution in [0.1, 0.15) is 5.69 Å². The summed E-state index contributed by atoms with van der Waals surface area (Å²) in [5.74, 6) is 0. The van der Waals surface area contributed by atoms with E-state index in [9.17, 15) is 0 Å². The third-order valence-corrected chi connectivity index (χ3v) is 2.73. The van der Waals surface area contributed by atoms with Crippen molar-refractivity contribution in [1.29, 1.82) is 0 Å². The number of pyridine rings is 1. The Kier molecular flexibility index (Phi) is 9.64. The van der Waals surface area contributed by atoms with Gasteiger partial charge in [-0.2, -0.15) is 19.8 Å². The minimum atomic E-state index is 0. The van der Waals surface area contributed by atoms with Crippen molar-refractivity contribution in [3.8, 4) is 0 Å². The van der Waals surface area contributed by atoms with Crippen molar-refractivity contribution in [2.45, 2.75) is 6.54 Å². The van der Waals surface area contributed by atoms with Crippen LogP contribution >= 0.6 is 29.5 Å². The Balaban J connectivity index is 0.000000866. The van der Waals surface area contributed by atoms with Gasteiger partial charge in [-0.3, -0.25) is 0 Å². The summed E-state index contributed by atoms with van der Waals surface area (Å²) < 4.78 is 0. The van der Waals surface area contributed by atoms with Crippen molar-refractivity contribution in [2.75, 3.05) is 0 Å². The van der Waals surface area contributed by atoms with Crippen LogP contribution in [0.5, 0.6) is 0 Å². The molecule has 3 rings (SSSR count). The summed E-state index contributed by atoms with van der Waals surface area (Å²) in [7, 11) is 4.57. The van der Waals surface area contributed by atoms with Crippen LogP contribution in [0.2, 0.25) is 0 Å². The van der Waals surface area contributed by atoms with E-state index < -0.39 is 0 Å². The zero-order valence-corrected chi connectivity index (χ0v) is 16.2. The molecule has 0 bridgehead atoms. The van der Waals surface area contributed by atoms with Crippen LogP contribution in [0.25, 0.3) is 27.4 Å². The Bertz CT molecular complexity index is 679. The van der Waals surface area contributed by atoms with Crippen molar-refractivity contribution in [3.63, 3.8) is 0 Å². The van der Waals surface area contributed by atoms with Gasteiger partial charge in [0.1, 0.15) is 0 Å². The molecule has 0 amide bonds. The number of nitrogens with one attached hydrogen (secondary N) is 1. The Morgan fingerprint density at radius 2 is 1.70 bits per heavy atom. The molecule has 3 aromatic rings. The van der Waals surface area contributed by atoms with Crippen molar-refractivity contribution in [3.05, 3.63) is 60.0 Å². The molecule has 0 saturated carbocycles. The summed E-state index contributed by atoms with van der Waals surface area (Å²) in [6.45, 7) is 0.221. The van der Waals surface area contributed by atoms with Gasteiger partial charge in [0.05, 0.1) is 0 Å². The third kappa shape index (κ3) is 4.17. The van der Waals surface area contributed by atoms with Gasteiger partial charge in [-0.25, -0.2) is 0 Å². The molecule has 0 aliphatic carbocycles. The smallest absolute Gasteiger partial charge is 0.00901 e. The number of rotatable bonds is 1. The van der Waals surface area contributed by atoms with Crippen LogP contribution in [0.4, 0.5) is 0 Å². The van der Waals surface area contributed by atoms with Crippen molar-refractivity contribution >= 4 is 51.2 Å². The van der Waals surface area contributed by atoms with Crippen LogP contribution in [-0.2, 0) is 23.9 Å². The maximum Gasteiger partial charge on any atom is 0.00901 e. The number of hydrogen-bond acceptors (Lipinski definition) is 1. The van der Waals surface area contributed by atoms with Crippen molar-refractivity contribution < 1.29 is 17.3 Å². The molecular formula is C14H16ClN2P2Ru. The Morgan fingerprint density at radius 1 is 1.05 bits per heavy atom. The number of aromatic nitrogens is 1. The standard InChI is InChI=1S/C14H10N2.ClH.2H3P.Ru/c15-9-12-8-7-11-6-5-10-3-1-2-4-13(10)14(11)16-12;;;;/h1-3,5-8,15H,9H2;1H;2*1H3;/q-2;;;;+3/p-1. The fraction of sp³-hybridized carbons (Fsp3) is 0.0714. The van der Waals surface area contributed by atoms with Gasteiger partial charge in [0.15, 0.2) is 0 Å². The van der Waals surface area contributed by atoms with E-state index >= 15 is 0 Å². The van der Waals surface area contributed by atoms with Crippen LogP contribution in [0, 0.1) is 6.07 Å². The van der Waals surface area contributed by atoms with Crippen molar-refractivity contribution in [1.82, 2.24) is 4.98 Å². The fourth-order valence-corrected chi connectivity index (χ4v) is 1.92. The molecule has 107 valence electrons. The van der Waals surface area contributed by atoms with Crippen molar-refractivity contribution in [2.24, 2.45) is 0 Å². The van der Waals surface area contributed by atoms with E-state index in [0.29, 0.717) is 0 Å². The van der Waals surface area contributed by atoms with Crippen LogP contribution in [0.3, 0.4) is 0 Å². The maximum atomic E-state index is 7.35. The van der Waals surface area contributed by atoms with Crippen LogP contribution in [0.15, 0.2) is 42.5 Å². The molecular weight excluding hydrogens is 395 g/mol. The number of hydrogen-bond donors (Lipinski definition) is 0. The average molecular weight is 411 g/mol. The molecule has 2 unspecified atom stereocenters. The molecule has 0 saturated heterocycles. The summed E-state index contributed by atoms with van der Waals surface area (Å²) >= 11 is 1.82. The third-order valence-electron chi connectivity index (χ3n) is 2.73. The predicted octanol–water partition coefficient (Wildman–Crippen LogP) is 4.54. The molecule has 0 aliphatic rings. The minimum absolute atomic E-state index is 0. The van der Waals surface area contributed by atoms with E-state index in [1.54, 1.807) is 0 Å². The van der Waals surface area contributed by atoms with E-state index in [0.717, 1.165) is 27.4 Å². The Labute approximate surface area is 139 Å². The summed E-state index contributed by atoms with van der Waals surface area (Å²) in [6, 6.07) is 17.2. The maximum absolute atomic E-state index is 7.35. The normalized spacial score (nSPS) is 9.10. The Morgan fingerprint density at radius 3 is 2.40 bits per heavy atom. The second-order valence-electron chi connectivity index (χ2n) is 3.75. The molecule has 0 spiro atoms. The molecule has 1 heterocycles. The van der Waals surface area contributed by atoms with E-state index in [1.807, 2.05) is 41.6 Å². The molecule has 0 aliphatic heterocycles. The number of benzene rings is 2. The molecule has 2 aromatic carbocycles. The molecule has 1 aromatic heterocycles. The average Bonchev–Trinajstić information content (AvgIpc) is 2.48. The van der Waals surface area contributed by atoms with E-state index in [-0.39, 0.29) is 26.3 Å². The summed E-state index contributed by atoms with van der Waals surface area (Å²) in [6.07, 6.45) is 0. The topological polar surface area (TPSA) is 36.7 Å². The van der Waals surface area contributed by atoms with Crippen LogP contribution in [-0.4, -0.2) is 4.98 Å². The van der Waals surface area contributed by atoms with Gasteiger partial charge in [0.2, 0.25) is 0 Å². The second kappa shape index (κ2) is 9.72. The number of nitrogens with zero attached hydrogens (tertiary/aromatic N) is 1. The molecule has 2 atom stereocenters. The first-order valence-corrected chi connectivity index (χ1v) is 7.59. The van der Waals surface area contributed by atoms with Gasteiger partial charge < -0.3 is 10.7 Å². The summed E-state index contributed by atoms with van der Waals surface area (Å²) in [5, 5.41) is 3.28. The van der Waals surface area contributed by atoms with Gasteiger partial charge >= 0.3 is 27.0 Å². The second-order valence-corrected chi connectivity index (χ2v) is 3.75.